The van der Waals surface area contributed by atoms with Crippen LogP contribution in [0.5, 0.6) is 23.0 Å². The van der Waals surface area contributed by atoms with Crippen LogP contribution >= 0.6 is 0 Å². The van der Waals surface area contributed by atoms with Gasteiger partial charge in [-0.25, -0.2) is 9.59 Å². The number of nitrogens with zero attached hydrogens (tertiary/aromatic N) is 2. The Labute approximate surface area is 447 Å². The Morgan fingerprint density at radius 1 is 0.395 bits per heavy atom. The van der Waals surface area contributed by atoms with Gasteiger partial charge in [0.1, 0.15) is 23.0 Å². The lowest BCUT2D eigenvalue weighted by Crippen LogP contribution is -2.30. The van der Waals surface area contributed by atoms with Crippen molar-refractivity contribution in [3.05, 3.63) is 266 Å². The summed E-state index contributed by atoms with van der Waals surface area (Å²) in [5.41, 5.74) is 12.8. The summed E-state index contributed by atoms with van der Waals surface area (Å²) in [6.45, 7) is 15.9. The fourth-order valence-electron chi connectivity index (χ4n) is 9.89. The van der Waals surface area contributed by atoms with E-state index in [-0.39, 0.29) is 5.41 Å². The van der Waals surface area contributed by atoms with Gasteiger partial charge < -0.3 is 28.7 Å². The Bertz CT molecular complexity index is 3020. The maximum Gasteiger partial charge on any atom is 0.335 e. The zero-order valence-electron chi connectivity index (χ0n) is 42.8. The van der Waals surface area contributed by atoms with Crippen LogP contribution in [0.3, 0.4) is 0 Å². The first-order valence-electron chi connectivity index (χ1n) is 25.8. The van der Waals surface area contributed by atoms with Crippen molar-refractivity contribution in [2.45, 2.75) is 50.4 Å². The molecule has 0 atom stereocenters. The average molecular weight is 1000 g/mol. The number of rotatable bonds is 22. The summed E-state index contributed by atoms with van der Waals surface area (Å²) in [5, 5.41) is 0. The molecule has 0 aliphatic heterocycles. The molecule has 8 aromatic rings. The maximum atomic E-state index is 11.8. The van der Waals surface area contributed by atoms with E-state index < -0.39 is 11.9 Å². The van der Waals surface area contributed by atoms with Gasteiger partial charge in [0.05, 0.1) is 13.2 Å². The lowest BCUT2D eigenvalue weighted by atomic mass is 9.65. The second-order valence-corrected chi connectivity index (χ2v) is 18.7. The standard InChI is InChI=1S/C68H62N2O6/c1-5-50-12-24-56(25-13-50)69(60-32-40-64(41-33-60)75-66(71)7-3)58-28-16-52(17-29-58)44-48-73-62-36-20-54(21-37-62)68(46-10-9-11-47-68)55-22-38-63(39-23-55)74-49-45-53-18-30-59(31-19-53)70(57-26-14-51(6-2)15-27-57)61-34-42-65(43-35-61)76-67(72)8-4/h5-8,12-43H,1-4,9-11,44-49H2. The number of anilines is 6. The third kappa shape index (κ3) is 12.6. The largest absolute Gasteiger partial charge is 0.493 e. The lowest BCUT2D eigenvalue weighted by molar-refractivity contribution is -0.129. The minimum absolute atomic E-state index is 0.0668. The normalized spacial score (nSPS) is 12.6. The molecule has 1 aliphatic carbocycles. The van der Waals surface area contributed by atoms with Crippen molar-refractivity contribution < 1.29 is 28.5 Å². The topological polar surface area (TPSA) is 77.5 Å². The van der Waals surface area contributed by atoms with E-state index in [0.717, 1.165) is 94.6 Å². The predicted octanol–water partition coefficient (Wildman–Crippen LogP) is 16.6. The van der Waals surface area contributed by atoms with Gasteiger partial charge in [-0.1, -0.05) is 131 Å². The van der Waals surface area contributed by atoms with Crippen molar-refractivity contribution in [1.29, 1.82) is 0 Å². The zero-order chi connectivity index (χ0) is 52.7. The van der Waals surface area contributed by atoms with Crippen LogP contribution in [0.25, 0.3) is 12.2 Å². The first-order chi connectivity index (χ1) is 37.2. The van der Waals surface area contributed by atoms with Crippen molar-refractivity contribution in [3.8, 4) is 23.0 Å². The summed E-state index contributed by atoms with van der Waals surface area (Å²) in [6, 6.07) is 65.9. The Morgan fingerprint density at radius 2 is 0.697 bits per heavy atom. The first kappa shape index (κ1) is 51.7. The number of benzene rings is 8. The minimum atomic E-state index is -0.498. The summed E-state index contributed by atoms with van der Waals surface area (Å²) in [7, 11) is 0. The minimum Gasteiger partial charge on any atom is -0.493 e. The van der Waals surface area contributed by atoms with E-state index in [1.165, 1.54) is 41.5 Å². The zero-order valence-corrected chi connectivity index (χ0v) is 42.8. The molecule has 0 aromatic heterocycles. The highest BCUT2D eigenvalue weighted by molar-refractivity contribution is 5.85. The average Bonchev–Trinajstić information content (AvgIpc) is 3.48. The molecule has 1 saturated carbocycles. The van der Waals surface area contributed by atoms with Crippen LogP contribution in [-0.4, -0.2) is 25.2 Å². The summed E-state index contributed by atoms with van der Waals surface area (Å²) >= 11 is 0. The van der Waals surface area contributed by atoms with Gasteiger partial charge in [-0.15, -0.1) is 0 Å². The maximum absolute atomic E-state index is 11.8. The van der Waals surface area contributed by atoms with Crippen molar-refractivity contribution >= 4 is 58.2 Å². The fourth-order valence-corrected chi connectivity index (χ4v) is 9.89. The number of hydrogen-bond donors (Lipinski definition) is 0. The van der Waals surface area contributed by atoms with Crippen LogP contribution in [0.15, 0.2) is 233 Å². The van der Waals surface area contributed by atoms with Crippen molar-refractivity contribution in [2.75, 3.05) is 23.0 Å². The molecule has 0 N–H and O–H groups in total. The second kappa shape index (κ2) is 24.7. The van der Waals surface area contributed by atoms with Gasteiger partial charge >= 0.3 is 11.9 Å². The highest BCUT2D eigenvalue weighted by atomic mass is 16.5. The number of carbonyl (C=O) groups is 2. The van der Waals surface area contributed by atoms with Crippen LogP contribution in [-0.2, 0) is 27.8 Å². The molecule has 8 nitrogen and oxygen atoms in total. The van der Waals surface area contributed by atoms with E-state index in [1.807, 2.05) is 60.7 Å². The van der Waals surface area contributed by atoms with Crippen LogP contribution in [0, 0.1) is 0 Å². The third-order valence-corrected chi connectivity index (χ3v) is 14.0. The molecule has 0 heterocycles. The highest BCUT2D eigenvalue weighted by Gasteiger charge is 2.35. The lowest BCUT2D eigenvalue weighted by Gasteiger charge is -2.38. The Hall–Kier alpha value is -9.14. The molecule has 8 aromatic carbocycles. The number of carbonyl (C=O) groups excluding carboxylic acids is 2. The summed E-state index contributed by atoms with van der Waals surface area (Å²) in [5.74, 6) is 1.62. The van der Waals surface area contributed by atoms with Gasteiger partial charge in [-0.05, 0) is 168 Å². The molecule has 9 rings (SSSR count). The van der Waals surface area contributed by atoms with Gasteiger partial charge in [0.15, 0.2) is 0 Å². The molecule has 0 spiro atoms. The predicted molar refractivity (Wildman–Crippen MR) is 309 cm³/mol. The van der Waals surface area contributed by atoms with E-state index in [0.29, 0.717) is 24.7 Å². The number of hydrogen-bond acceptors (Lipinski definition) is 8. The highest BCUT2D eigenvalue weighted by Crippen LogP contribution is 2.46. The molecule has 1 fully saturated rings. The Balaban J connectivity index is 0.803. The van der Waals surface area contributed by atoms with Crippen LogP contribution < -0.4 is 28.7 Å². The van der Waals surface area contributed by atoms with Gasteiger partial charge in [0.2, 0.25) is 0 Å². The molecule has 0 unspecified atom stereocenters. The first-order valence-corrected chi connectivity index (χ1v) is 25.8. The van der Waals surface area contributed by atoms with Crippen LogP contribution in [0.2, 0.25) is 0 Å². The van der Waals surface area contributed by atoms with Gasteiger partial charge in [-0.2, -0.15) is 0 Å². The molecule has 76 heavy (non-hydrogen) atoms. The number of ether oxygens (including phenoxy) is 4. The SMILES string of the molecule is C=CC(=O)Oc1ccc(N(c2ccc(C=C)cc2)c2ccc(CCOc3ccc(C4(c5ccc(OCCc6ccc(N(c7ccc(C=C)cc7)c7ccc(OC(=O)C=C)cc7)cc6)cc5)CCCCC4)cc3)cc2)cc1. The molecule has 1 aliphatic rings. The van der Waals surface area contributed by atoms with E-state index in [4.69, 9.17) is 18.9 Å². The Morgan fingerprint density at radius 3 is 1.01 bits per heavy atom. The molecule has 8 heteroatoms. The van der Waals surface area contributed by atoms with E-state index >= 15 is 0 Å². The van der Waals surface area contributed by atoms with Crippen molar-refractivity contribution in [3.63, 3.8) is 0 Å². The van der Waals surface area contributed by atoms with Gasteiger partial charge in [0.25, 0.3) is 0 Å². The van der Waals surface area contributed by atoms with E-state index in [1.54, 1.807) is 24.3 Å². The second-order valence-electron chi connectivity index (χ2n) is 18.7. The molecule has 0 bridgehead atoms. The smallest absolute Gasteiger partial charge is 0.335 e. The van der Waals surface area contributed by atoms with Gasteiger partial charge in [-0.3, -0.25) is 0 Å². The van der Waals surface area contributed by atoms with Crippen molar-refractivity contribution in [1.82, 2.24) is 0 Å². The molecular weight excluding hydrogens is 941 g/mol. The molecule has 0 amide bonds. The monoisotopic (exact) mass is 1000 g/mol. The summed E-state index contributed by atoms with van der Waals surface area (Å²) in [4.78, 5) is 27.9. The van der Waals surface area contributed by atoms with Crippen molar-refractivity contribution in [2.24, 2.45) is 0 Å². The van der Waals surface area contributed by atoms with Crippen LogP contribution in [0.4, 0.5) is 34.1 Å². The van der Waals surface area contributed by atoms with Crippen LogP contribution in [0.1, 0.15) is 65.5 Å². The quantitative estimate of drug-likeness (QED) is 0.0378. The number of esters is 2. The molecule has 380 valence electrons. The summed E-state index contributed by atoms with van der Waals surface area (Å²) in [6.07, 6.45) is 13.3. The summed E-state index contributed by atoms with van der Waals surface area (Å²) < 4.78 is 23.3. The van der Waals surface area contributed by atoms with E-state index in [2.05, 4.69) is 157 Å². The molecule has 0 radical (unpaired) electrons. The van der Waals surface area contributed by atoms with E-state index in [9.17, 15) is 9.59 Å². The molecular formula is C68H62N2O6. The third-order valence-electron chi connectivity index (χ3n) is 14.0. The molecule has 0 saturated heterocycles. The fraction of sp³-hybridized carbons (Fsp3) is 0.147. The van der Waals surface area contributed by atoms with Gasteiger partial charge in [0, 0.05) is 64.5 Å². The Kier molecular flexibility index (Phi) is 16.8.